The SMILES string of the molecule is CCc1ccccc1OCCN(C)C(=O)NCC1CC(=O)N(C(C)(C)C)C1. The molecule has 0 saturated carbocycles. The Hall–Kier alpha value is -2.24. The summed E-state index contributed by atoms with van der Waals surface area (Å²) >= 11 is 0. The van der Waals surface area contributed by atoms with Crippen molar-refractivity contribution in [3.05, 3.63) is 29.8 Å². The minimum absolute atomic E-state index is 0.135. The first-order valence-electron chi connectivity index (χ1n) is 9.72. The lowest BCUT2D eigenvalue weighted by atomic mass is 10.1. The highest BCUT2D eigenvalue weighted by Gasteiger charge is 2.36. The van der Waals surface area contributed by atoms with Gasteiger partial charge >= 0.3 is 6.03 Å². The molecule has 27 heavy (non-hydrogen) atoms. The first-order chi connectivity index (χ1) is 12.7. The molecule has 0 aliphatic carbocycles. The van der Waals surface area contributed by atoms with E-state index in [9.17, 15) is 9.59 Å². The standard InChI is InChI=1S/C21H33N3O3/c1-6-17-9-7-8-10-18(17)27-12-11-23(5)20(26)22-14-16-13-19(25)24(15-16)21(2,3)4/h7-10,16H,6,11-15H2,1-5H3,(H,22,26). The fourth-order valence-corrected chi connectivity index (χ4v) is 3.26. The predicted octanol–water partition coefficient (Wildman–Crippen LogP) is 2.92. The number of likely N-dealkylation sites (tertiary alicyclic amines) is 1. The monoisotopic (exact) mass is 375 g/mol. The average molecular weight is 376 g/mol. The van der Waals surface area contributed by atoms with Crippen molar-refractivity contribution < 1.29 is 14.3 Å². The van der Waals surface area contributed by atoms with Crippen molar-refractivity contribution in [1.29, 1.82) is 0 Å². The lowest BCUT2D eigenvalue weighted by Crippen LogP contribution is -2.44. The largest absolute Gasteiger partial charge is 0.491 e. The highest BCUT2D eigenvalue weighted by atomic mass is 16.5. The van der Waals surface area contributed by atoms with Gasteiger partial charge in [-0.3, -0.25) is 4.79 Å². The Morgan fingerprint density at radius 3 is 2.67 bits per heavy atom. The lowest BCUT2D eigenvalue weighted by Gasteiger charge is -2.32. The summed E-state index contributed by atoms with van der Waals surface area (Å²) < 4.78 is 5.82. The molecule has 1 atom stereocenters. The van der Waals surface area contributed by atoms with Crippen LogP contribution in [0.2, 0.25) is 0 Å². The zero-order chi connectivity index (χ0) is 20.0. The van der Waals surface area contributed by atoms with Crippen LogP contribution >= 0.6 is 0 Å². The van der Waals surface area contributed by atoms with Crippen LogP contribution in [0.3, 0.4) is 0 Å². The lowest BCUT2D eigenvalue weighted by molar-refractivity contribution is -0.131. The van der Waals surface area contributed by atoms with Gasteiger partial charge in [-0.25, -0.2) is 4.79 Å². The maximum Gasteiger partial charge on any atom is 0.317 e. The Kier molecular flexibility index (Phi) is 7.11. The number of hydrogen-bond acceptors (Lipinski definition) is 3. The molecule has 0 radical (unpaired) electrons. The summed E-state index contributed by atoms with van der Waals surface area (Å²) in [7, 11) is 1.76. The molecule has 1 aliphatic rings. The molecule has 1 heterocycles. The van der Waals surface area contributed by atoms with E-state index in [2.05, 4.69) is 18.3 Å². The van der Waals surface area contributed by atoms with E-state index in [1.807, 2.05) is 43.9 Å². The fourth-order valence-electron chi connectivity index (χ4n) is 3.26. The van der Waals surface area contributed by atoms with Crippen LogP contribution in [0.5, 0.6) is 5.75 Å². The molecular formula is C21H33N3O3. The van der Waals surface area contributed by atoms with Crippen LogP contribution in [-0.2, 0) is 11.2 Å². The van der Waals surface area contributed by atoms with Gasteiger partial charge in [0.1, 0.15) is 12.4 Å². The van der Waals surface area contributed by atoms with E-state index in [0.29, 0.717) is 32.7 Å². The normalized spacial score (nSPS) is 17.1. The van der Waals surface area contributed by atoms with Crippen LogP contribution in [0, 0.1) is 5.92 Å². The van der Waals surface area contributed by atoms with Gasteiger partial charge in [0.2, 0.25) is 5.91 Å². The van der Waals surface area contributed by atoms with Gasteiger partial charge in [-0.2, -0.15) is 0 Å². The summed E-state index contributed by atoms with van der Waals surface area (Å²) in [6.07, 6.45) is 1.41. The molecule has 1 N–H and O–H groups in total. The maximum absolute atomic E-state index is 12.3. The van der Waals surface area contributed by atoms with Crippen LogP contribution in [0.4, 0.5) is 4.79 Å². The van der Waals surface area contributed by atoms with Gasteiger partial charge in [0.25, 0.3) is 0 Å². The number of hydrogen-bond donors (Lipinski definition) is 1. The molecule has 0 aromatic heterocycles. The van der Waals surface area contributed by atoms with Crippen molar-refractivity contribution in [3.63, 3.8) is 0 Å². The van der Waals surface area contributed by atoms with E-state index in [0.717, 1.165) is 12.2 Å². The van der Waals surface area contributed by atoms with Gasteiger partial charge in [-0.1, -0.05) is 25.1 Å². The van der Waals surface area contributed by atoms with Crippen molar-refractivity contribution in [1.82, 2.24) is 15.1 Å². The fraction of sp³-hybridized carbons (Fsp3) is 0.619. The quantitative estimate of drug-likeness (QED) is 0.797. The summed E-state index contributed by atoms with van der Waals surface area (Å²) in [6.45, 7) is 10.4. The van der Waals surface area contributed by atoms with E-state index >= 15 is 0 Å². The van der Waals surface area contributed by atoms with Gasteiger partial charge in [-0.15, -0.1) is 0 Å². The molecule has 1 fully saturated rings. The second kappa shape index (κ2) is 9.11. The number of carbonyl (C=O) groups is 2. The summed E-state index contributed by atoms with van der Waals surface area (Å²) in [6, 6.07) is 7.82. The predicted molar refractivity (Wildman–Crippen MR) is 107 cm³/mol. The molecule has 1 aliphatic heterocycles. The third-order valence-corrected chi connectivity index (χ3v) is 4.94. The number of benzene rings is 1. The Morgan fingerprint density at radius 1 is 1.33 bits per heavy atom. The number of rotatable bonds is 7. The Morgan fingerprint density at radius 2 is 2.04 bits per heavy atom. The molecule has 150 valence electrons. The van der Waals surface area contributed by atoms with Crippen molar-refractivity contribution >= 4 is 11.9 Å². The van der Waals surface area contributed by atoms with Gasteiger partial charge in [0, 0.05) is 38.0 Å². The Labute approximate surface area is 162 Å². The van der Waals surface area contributed by atoms with Crippen LogP contribution < -0.4 is 10.1 Å². The molecule has 2 rings (SSSR count). The molecular weight excluding hydrogens is 342 g/mol. The van der Waals surface area contributed by atoms with Gasteiger partial charge in [0.05, 0.1) is 6.54 Å². The zero-order valence-corrected chi connectivity index (χ0v) is 17.2. The minimum atomic E-state index is -0.168. The third-order valence-electron chi connectivity index (χ3n) is 4.94. The number of nitrogens with one attached hydrogen (secondary N) is 1. The molecule has 6 heteroatoms. The van der Waals surface area contributed by atoms with E-state index in [1.54, 1.807) is 11.9 Å². The van der Waals surface area contributed by atoms with Gasteiger partial charge in [0.15, 0.2) is 0 Å². The second-order valence-corrected chi connectivity index (χ2v) is 8.16. The van der Waals surface area contributed by atoms with Crippen molar-refractivity contribution in [2.75, 3.05) is 33.3 Å². The van der Waals surface area contributed by atoms with Crippen LogP contribution in [0.1, 0.15) is 39.7 Å². The number of para-hydroxylation sites is 1. The number of ether oxygens (including phenoxy) is 1. The molecule has 6 nitrogen and oxygen atoms in total. The van der Waals surface area contributed by atoms with E-state index in [4.69, 9.17) is 4.74 Å². The van der Waals surface area contributed by atoms with E-state index < -0.39 is 0 Å². The molecule has 0 spiro atoms. The maximum atomic E-state index is 12.3. The second-order valence-electron chi connectivity index (χ2n) is 8.16. The van der Waals surface area contributed by atoms with Crippen LogP contribution in [-0.4, -0.2) is 60.6 Å². The molecule has 1 aromatic rings. The summed E-state index contributed by atoms with van der Waals surface area (Å²) in [5.74, 6) is 1.21. The van der Waals surface area contributed by atoms with Crippen LogP contribution in [0.25, 0.3) is 0 Å². The number of nitrogens with zero attached hydrogens (tertiary/aromatic N) is 2. The van der Waals surface area contributed by atoms with Crippen molar-refractivity contribution in [3.8, 4) is 5.75 Å². The average Bonchev–Trinajstić information content (AvgIpc) is 3.01. The number of urea groups is 1. The van der Waals surface area contributed by atoms with E-state index in [-0.39, 0.29) is 23.4 Å². The first kappa shape index (κ1) is 21.1. The van der Waals surface area contributed by atoms with E-state index in [1.165, 1.54) is 5.56 Å². The summed E-state index contributed by atoms with van der Waals surface area (Å²) in [4.78, 5) is 27.9. The smallest absolute Gasteiger partial charge is 0.317 e. The molecule has 1 saturated heterocycles. The first-order valence-corrected chi connectivity index (χ1v) is 9.72. The topological polar surface area (TPSA) is 61.9 Å². The molecule has 1 unspecified atom stereocenters. The van der Waals surface area contributed by atoms with Gasteiger partial charge in [-0.05, 0) is 38.8 Å². The molecule has 1 aromatic carbocycles. The third kappa shape index (κ3) is 5.88. The molecule has 0 bridgehead atoms. The van der Waals surface area contributed by atoms with Crippen molar-refractivity contribution in [2.45, 2.75) is 46.1 Å². The van der Waals surface area contributed by atoms with Crippen molar-refractivity contribution in [2.24, 2.45) is 5.92 Å². The summed E-state index contributed by atoms with van der Waals surface area (Å²) in [5, 5.41) is 2.94. The number of amides is 3. The highest BCUT2D eigenvalue weighted by molar-refractivity contribution is 5.79. The summed E-state index contributed by atoms with van der Waals surface area (Å²) in [5.41, 5.74) is 0.998. The zero-order valence-electron chi connectivity index (χ0n) is 17.2. The van der Waals surface area contributed by atoms with Crippen LogP contribution in [0.15, 0.2) is 24.3 Å². The minimum Gasteiger partial charge on any atom is -0.491 e. The number of aryl methyl sites for hydroxylation is 1. The Bertz CT molecular complexity index is 654. The number of likely N-dealkylation sites (N-methyl/N-ethyl adjacent to an activating group) is 1. The van der Waals surface area contributed by atoms with Gasteiger partial charge < -0.3 is 19.9 Å². The highest BCUT2D eigenvalue weighted by Crippen LogP contribution is 2.25. The number of carbonyl (C=O) groups excluding carboxylic acids is 2. The molecule has 3 amide bonds. The Balaban J connectivity index is 1.72.